The van der Waals surface area contributed by atoms with E-state index in [1.807, 2.05) is 48.5 Å². The van der Waals surface area contributed by atoms with E-state index in [2.05, 4.69) is 0 Å². The fraction of sp³-hybridized carbons (Fsp3) is 0.0645. The zero-order valence-corrected chi connectivity index (χ0v) is 22.2. The molecule has 1 aliphatic heterocycles. The van der Waals surface area contributed by atoms with E-state index in [4.69, 9.17) is 4.74 Å². The highest BCUT2D eigenvalue weighted by Gasteiger charge is 2.35. The predicted octanol–water partition coefficient (Wildman–Crippen LogP) is 6.81. The van der Waals surface area contributed by atoms with Crippen molar-refractivity contribution < 1.29 is 29.3 Å². The van der Waals surface area contributed by atoms with Crippen molar-refractivity contribution in [2.24, 2.45) is 0 Å². The average Bonchev–Trinajstić information content (AvgIpc) is 3.20. The van der Waals surface area contributed by atoms with Crippen LogP contribution in [0.2, 0.25) is 0 Å². The van der Waals surface area contributed by atoms with Crippen LogP contribution in [0.3, 0.4) is 0 Å². The van der Waals surface area contributed by atoms with Gasteiger partial charge in [0, 0.05) is 24.2 Å². The van der Waals surface area contributed by atoms with E-state index in [0.717, 1.165) is 16.7 Å². The number of para-hydroxylation sites is 2. The number of carbonyl (C=O) groups excluding carboxylic acids is 3. The largest absolute Gasteiger partial charge is 0.504 e. The molecule has 5 rings (SSSR count). The molecular formula is C31H24N2O6S. The SMILES string of the molecule is CC(=O)N(c1ccc(CN2C(=O)SC(=Cc3cccc(O)c3O)C2=O)cc1)c1cccc(Oc2ccccc2)c1. The third kappa shape index (κ3) is 5.69. The fourth-order valence-corrected chi connectivity index (χ4v) is 5.03. The first-order valence-corrected chi connectivity index (χ1v) is 13.1. The zero-order chi connectivity index (χ0) is 28.2. The Morgan fingerprint density at radius 1 is 0.875 bits per heavy atom. The summed E-state index contributed by atoms with van der Waals surface area (Å²) in [4.78, 5) is 41.0. The number of hydrogen-bond acceptors (Lipinski definition) is 7. The summed E-state index contributed by atoms with van der Waals surface area (Å²) < 4.78 is 5.92. The Bertz CT molecular complexity index is 1620. The zero-order valence-electron chi connectivity index (χ0n) is 21.4. The molecule has 0 saturated carbocycles. The van der Waals surface area contributed by atoms with Gasteiger partial charge in [0.2, 0.25) is 5.91 Å². The molecule has 0 bridgehead atoms. The van der Waals surface area contributed by atoms with Gasteiger partial charge >= 0.3 is 0 Å². The number of phenols is 2. The summed E-state index contributed by atoms with van der Waals surface area (Å²) in [6, 6.07) is 27.9. The third-order valence-corrected chi connectivity index (χ3v) is 7.02. The first kappa shape index (κ1) is 26.6. The lowest BCUT2D eigenvalue weighted by Crippen LogP contribution is -2.27. The molecule has 4 aromatic carbocycles. The Morgan fingerprint density at radius 3 is 2.30 bits per heavy atom. The Labute approximate surface area is 234 Å². The van der Waals surface area contributed by atoms with Gasteiger partial charge in [-0.1, -0.05) is 48.5 Å². The molecule has 0 aliphatic carbocycles. The Balaban J connectivity index is 1.32. The summed E-state index contributed by atoms with van der Waals surface area (Å²) in [5, 5.41) is 19.3. The lowest BCUT2D eigenvalue weighted by molar-refractivity contribution is -0.123. The number of carbonyl (C=O) groups is 3. The van der Waals surface area contributed by atoms with E-state index in [-0.39, 0.29) is 34.4 Å². The number of amides is 3. The van der Waals surface area contributed by atoms with Crippen LogP contribution in [0.25, 0.3) is 6.08 Å². The minimum Gasteiger partial charge on any atom is -0.504 e. The highest BCUT2D eigenvalue weighted by molar-refractivity contribution is 8.18. The fourth-order valence-electron chi connectivity index (χ4n) is 4.20. The third-order valence-electron chi connectivity index (χ3n) is 6.11. The molecule has 1 fully saturated rings. The van der Waals surface area contributed by atoms with E-state index < -0.39 is 11.1 Å². The molecule has 1 aliphatic rings. The number of anilines is 2. The van der Waals surface area contributed by atoms with Gasteiger partial charge in [-0.25, -0.2) is 0 Å². The molecule has 0 aromatic heterocycles. The molecule has 1 heterocycles. The number of phenolic OH excluding ortho intramolecular Hbond substituents is 2. The van der Waals surface area contributed by atoms with Crippen molar-refractivity contribution >= 4 is 46.3 Å². The van der Waals surface area contributed by atoms with E-state index >= 15 is 0 Å². The monoisotopic (exact) mass is 552 g/mol. The summed E-state index contributed by atoms with van der Waals surface area (Å²) in [6.07, 6.45) is 1.38. The van der Waals surface area contributed by atoms with Gasteiger partial charge < -0.3 is 14.9 Å². The maximum absolute atomic E-state index is 12.9. The molecule has 0 atom stereocenters. The molecule has 4 aromatic rings. The quantitative estimate of drug-likeness (QED) is 0.192. The lowest BCUT2D eigenvalue weighted by Gasteiger charge is -2.22. The summed E-state index contributed by atoms with van der Waals surface area (Å²) >= 11 is 0.763. The summed E-state index contributed by atoms with van der Waals surface area (Å²) in [7, 11) is 0. The second-order valence-corrected chi connectivity index (χ2v) is 9.91. The van der Waals surface area contributed by atoms with Crippen molar-refractivity contribution in [3.8, 4) is 23.0 Å². The molecule has 8 nitrogen and oxygen atoms in total. The van der Waals surface area contributed by atoms with Crippen LogP contribution in [0.4, 0.5) is 16.2 Å². The van der Waals surface area contributed by atoms with E-state index in [1.54, 1.807) is 35.2 Å². The highest BCUT2D eigenvalue weighted by atomic mass is 32.2. The summed E-state index contributed by atoms with van der Waals surface area (Å²) in [5.41, 5.74) is 2.16. The van der Waals surface area contributed by atoms with Crippen LogP contribution in [-0.2, 0) is 16.1 Å². The van der Waals surface area contributed by atoms with Crippen molar-refractivity contribution in [1.82, 2.24) is 4.90 Å². The number of ether oxygens (including phenoxy) is 1. The number of thioether (sulfide) groups is 1. The highest BCUT2D eigenvalue weighted by Crippen LogP contribution is 2.37. The van der Waals surface area contributed by atoms with Crippen LogP contribution >= 0.6 is 11.8 Å². The summed E-state index contributed by atoms with van der Waals surface area (Å²) in [6.45, 7) is 1.50. The molecule has 2 N–H and O–H groups in total. The molecule has 3 amide bonds. The first-order chi connectivity index (χ1) is 19.3. The van der Waals surface area contributed by atoms with Gasteiger partial charge in [0.25, 0.3) is 11.1 Å². The Morgan fingerprint density at radius 2 is 1.57 bits per heavy atom. The topological polar surface area (TPSA) is 107 Å². The van der Waals surface area contributed by atoms with Gasteiger partial charge in [0.05, 0.1) is 17.1 Å². The maximum Gasteiger partial charge on any atom is 0.293 e. The van der Waals surface area contributed by atoms with Crippen LogP contribution in [0.1, 0.15) is 18.1 Å². The van der Waals surface area contributed by atoms with Crippen LogP contribution in [-0.4, -0.2) is 32.2 Å². The van der Waals surface area contributed by atoms with Gasteiger partial charge in [-0.2, -0.15) is 0 Å². The number of imide groups is 1. The molecule has 1 saturated heterocycles. The molecular weight excluding hydrogens is 528 g/mol. The standard InChI is InChI=1S/C31H24N2O6S/c1-20(34)33(24-8-6-11-26(18-24)39-25-9-3-2-4-10-25)23-15-13-21(14-16-23)19-32-30(37)28(40-31(32)38)17-22-7-5-12-27(35)29(22)36/h2-18,35-36H,19H2,1H3. The van der Waals surface area contributed by atoms with Gasteiger partial charge in [-0.05, 0) is 65.9 Å². The van der Waals surface area contributed by atoms with Gasteiger partial charge in [-0.3, -0.25) is 24.2 Å². The molecule has 200 valence electrons. The van der Waals surface area contributed by atoms with Crippen molar-refractivity contribution in [3.63, 3.8) is 0 Å². The van der Waals surface area contributed by atoms with Gasteiger partial charge in [-0.15, -0.1) is 0 Å². The number of benzene rings is 4. The molecule has 40 heavy (non-hydrogen) atoms. The average molecular weight is 553 g/mol. The minimum atomic E-state index is -0.498. The number of aromatic hydroxyl groups is 2. The van der Waals surface area contributed by atoms with Crippen molar-refractivity contribution in [3.05, 3.63) is 113 Å². The maximum atomic E-state index is 12.9. The van der Waals surface area contributed by atoms with E-state index in [1.165, 1.54) is 31.2 Å². The first-order valence-electron chi connectivity index (χ1n) is 12.3. The number of nitrogens with zero attached hydrogens (tertiary/aromatic N) is 2. The van der Waals surface area contributed by atoms with E-state index in [9.17, 15) is 24.6 Å². The van der Waals surface area contributed by atoms with E-state index in [0.29, 0.717) is 28.4 Å². The molecule has 9 heteroatoms. The number of hydrogen-bond donors (Lipinski definition) is 2. The minimum absolute atomic E-state index is 0.0365. The van der Waals surface area contributed by atoms with Crippen molar-refractivity contribution in [1.29, 1.82) is 0 Å². The molecule has 0 spiro atoms. The van der Waals surface area contributed by atoms with Crippen LogP contribution in [0, 0.1) is 0 Å². The predicted molar refractivity (Wildman–Crippen MR) is 154 cm³/mol. The van der Waals surface area contributed by atoms with Crippen molar-refractivity contribution in [2.75, 3.05) is 4.90 Å². The second kappa shape index (κ2) is 11.4. The Hall–Kier alpha value is -5.02. The normalized spacial score (nSPS) is 14.0. The smallest absolute Gasteiger partial charge is 0.293 e. The van der Waals surface area contributed by atoms with Crippen molar-refractivity contribution in [2.45, 2.75) is 13.5 Å². The summed E-state index contributed by atoms with van der Waals surface area (Å²) in [5.74, 6) is -0.115. The second-order valence-electron chi connectivity index (χ2n) is 8.92. The molecule has 0 unspecified atom stereocenters. The Kier molecular flexibility index (Phi) is 7.56. The van der Waals surface area contributed by atoms with Crippen LogP contribution < -0.4 is 9.64 Å². The number of rotatable bonds is 7. The van der Waals surface area contributed by atoms with Crippen LogP contribution in [0.15, 0.2) is 102 Å². The van der Waals surface area contributed by atoms with Gasteiger partial charge in [0.1, 0.15) is 11.5 Å². The van der Waals surface area contributed by atoms with Crippen LogP contribution in [0.5, 0.6) is 23.0 Å². The van der Waals surface area contributed by atoms with Gasteiger partial charge in [0.15, 0.2) is 11.5 Å². The molecule has 0 radical (unpaired) electrons. The lowest BCUT2D eigenvalue weighted by atomic mass is 10.1.